The maximum absolute atomic E-state index is 11.1. The molecule has 2 aromatic rings. The maximum Gasteiger partial charge on any atom is 0.307 e. The second kappa shape index (κ2) is 5.90. The number of aromatic nitrogens is 2. The van der Waals surface area contributed by atoms with Crippen LogP contribution in [0.3, 0.4) is 0 Å². The van der Waals surface area contributed by atoms with E-state index in [4.69, 9.17) is 5.11 Å². The van der Waals surface area contributed by atoms with Crippen molar-refractivity contribution in [3.05, 3.63) is 46.8 Å². The van der Waals surface area contributed by atoms with Crippen molar-refractivity contribution in [1.29, 1.82) is 0 Å². The summed E-state index contributed by atoms with van der Waals surface area (Å²) in [5.41, 5.74) is 4.90. The Bertz CT molecular complexity index is 629. The highest BCUT2D eigenvalue weighted by Crippen LogP contribution is 2.22. The van der Waals surface area contributed by atoms with Crippen LogP contribution in [0.1, 0.15) is 36.4 Å². The summed E-state index contributed by atoms with van der Waals surface area (Å²) in [6.07, 6.45) is 1.55. The summed E-state index contributed by atoms with van der Waals surface area (Å²) in [5.74, 6) is -0.807. The molecule has 0 unspecified atom stereocenters. The van der Waals surface area contributed by atoms with Gasteiger partial charge in [-0.3, -0.25) is 4.79 Å². The summed E-state index contributed by atoms with van der Waals surface area (Å²) in [7, 11) is 0. The highest BCUT2D eigenvalue weighted by Gasteiger charge is 2.19. The first-order valence-corrected chi connectivity index (χ1v) is 6.95. The van der Waals surface area contributed by atoms with Gasteiger partial charge in [0.2, 0.25) is 0 Å². The molecule has 0 atom stereocenters. The Balaban J connectivity index is 2.62. The largest absolute Gasteiger partial charge is 0.481 e. The van der Waals surface area contributed by atoms with Gasteiger partial charge in [0, 0.05) is 11.3 Å². The summed E-state index contributed by atoms with van der Waals surface area (Å²) >= 11 is 0. The van der Waals surface area contributed by atoms with Crippen LogP contribution >= 0.6 is 0 Å². The average molecular weight is 272 g/mol. The van der Waals surface area contributed by atoms with Crippen molar-refractivity contribution in [1.82, 2.24) is 9.78 Å². The molecule has 0 bridgehead atoms. The number of carboxylic acids is 1. The lowest BCUT2D eigenvalue weighted by Crippen LogP contribution is -2.07. The summed E-state index contributed by atoms with van der Waals surface area (Å²) in [4.78, 5) is 11.1. The van der Waals surface area contributed by atoms with Crippen molar-refractivity contribution in [2.45, 2.75) is 40.0 Å². The fourth-order valence-corrected chi connectivity index (χ4v) is 2.54. The SMILES string of the molecule is CCc1nn(-c2ccccc2C)c(CC)c1CC(=O)O. The molecule has 0 aliphatic heterocycles. The molecule has 20 heavy (non-hydrogen) atoms. The highest BCUT2D eigenvalue weighted by molar-refractivity contribution is 5.71. The van der Waals surface area contributed by atoms with Gasteiger partial charge in [-0.2, -0.15) is 5.10 Å². The van der Waals surface area contributed by atoms with Crippen LogP contribution in [0, 0.1) is 6.92 Å². The van der Waals surface area contributed by atoms with Gasteiger partial charge in [-0.05, 0) is 31.4 Å². The van der Waals surface area contributed by atoms with Crippen LogP contribution in [-0.4, -0.2) is 20.9 Å². The number of nitrogens with zero attached hydrogens (tertiary/aromatic N) is 2. The highest BCUT2D eigenvalue weighted by atomic mass is 16.4. The number of hydrogen-bond acceptors (Lipinski definition) is 2. The van der Waals surface area contributed by atoms with Crippen LogP contribution < -0.4 is 0 Å². The predicted molar refractivity (Wildman–Crippen MR) is 78.4 cm³/mol. The number of para-hydroxylation sites is 1. The van der Waals surface area contributed by atoms with E-state index in [0.29, 0.717) is 0 Å². The molecule has 0 saturated heterocycles. The Kier molecular flexibility index (Phi) is 4.23. The molecule has 0 amide bonds. The van der Waals surface area contributed by atoms with E-state index in [-0.39, 0.29) is 6.42 Å². The molecule has 0 fully saturated rings. The molecule has 1 aromatic heterocycles. The Morgan fingerprint density at radius 2 is 1.95 bits per heavy atom. The van der Waals surface area contributed by atoms with Crippen LogP contribution in [-0.2, 0) is 24.1 Å². The number of aliphatic carboxylic acids is 1. The van der Waals surface area contributed by atoms with Crippen molar-refractivity contribution in [3.63, 3.8) is 0 Å². The van der Waals surface area contributed by atoms with E-state index in [1.165, 1.54) is 0 Å². The monoisotopic (exact) mass is 272 g/mol. The summed E-state index contributed by atoms with van der Waals surface area (Å²) < 4.78 is 1.91. The minimum atomic E-state index is -0.807. The molecule has 0 saturated carbocycles. The first kappa shape index (κ1) is 14.3. The molecule has 1 N–H and O–H groups in total. The molecule has 1 heterocycles. The van der Waals surface area contributed by atoms with E-state index in [0.717, 1.165) is 41.0 Å². The summed E-state index contributed by atoms with van der Waals surface area (Å²) in [6, 6.07) is 8.03. The summed E-state index contributed by atoms with van der Waals surface area (Å²) in [6.45, 7) is 6.09. The molecule has 0 aliphatic carbocycles. The van der Waals surface area contributed by atoms with Gasteiger partial charge in [0.25, 0.3) is 0 Å². The number of carbonyl (C=O) groups is 1. The molecule has 1 aromatic carbocycles. The van der Waals surface area contributed by atoms with E-state index in [1.54, 1.807) is 0 Å². The Morgan fingerprint density at radius 3 is 2.50 bits per heavy atom. The zero-order valence-corrected chi connectivity index (χ0v) is 12.2. The van der Waals surface area contributed by atoms with E-state index in [1.807, 2.05) is 49.7 Å². The summed E-state index contributed by atoms with van der Waals surface area (Å²) in [5, 5.41) is 13.7. The molecule has 106 valence electrons. The lowest BCUT2D eigenvalue weighted by Gasteiger charge is -2.09. The van der Waals surface area contributed by atoms with E-state index >= 15 is 0 Å². The fraction of sp³-hybridized carbons (Fsp3) is 0.375. The van der Waals surface area contributed by atoms with E-state index < -0.39 is 5.97 Å². The van der Waals surface area contributed by atoms with E-state index in [9.17, 15) is 4.79 Å². The maximum atomic E-state index is 11.1. The van der Waals surface area contributed by atoms with Crippen LogP contribution in [0.25, 0.3) is 5.69 Å². The standard InChI is InChI=1S/C16H20N2O2/c1-4-13-12(10-16(19)20)14(5-2)18(17-13)15-9-7-6-8-11(15)3/h6-9H,4-5,10H2,1-3H3,(H,19,20). The quantitative estimate of drug-likeness (QED) is 0.910. The number of carboxylic acid groups (broad SMARTS) is 1. The molecular weight excluding hydrogens is 252 g/mol. The molecule has 4 heteroatoms. The van der Waals surface area contributed by atoms with Crippen molar-refractivity contribution < 1.29 is 9.90 Å². The topological polar surface area (TPSA) is 55.1 Å². The van der Waals surface area contributed by atoms with Gasteiger partial charge >= 0.3 is 5.97 Å². The van der Waals surface area contributed by atoms with Crippen LogP contribution in [0.4, 0.5) is 0 Å². The Morgan fingerprint density at radius 1 is 1.25 bits per heavy atom. The van der Waals surface area contributed by atoms with Crippen molar-refractivity contribution >= 4 is 5.97 Å². The zero-order valence-electron chi connectivity index (χ0n) is 12.2. The third-order valence-electron chi connectivity index (χ3n) is 3.51. The second-order valence-corrected chi connectivity index (χ2v) is 4.85. The van der Waals surface area contributed by atoms with Gasteiger partial charge in [0.05, 0.1) is 17.8 Å². The minimum Gasteiger partial charge on any atom is -0.481 e. The van der Waals surface area contributed by atoms with Gasteiger partial charge in [-0.15, -0.1) is 0 Å². The van der Waals surface area contributed by atoms with Crippen LogP contribution in [0.15, 0.2) is 24.3 Å². The van der Waals surface area contributed by atoms with Gasteiger partial charge in [-0.25, -0.2) is 4.68 Å². The predicted octanol–water partition coefficient (Wildman–Crippen LogP) is 2.93. The number of benzene rings is 1. The smallest absolute Gasteiger partial charge is 0.307 e. The number of hydrogen-bond donors (Lipinski definition) is 1. The number of rotatable bonds is 5. The minimum absolute atomic E-state index is 0.0399. The third-order valence-corrected chi connectivity index (χ3v) is 3.51. The average Bonchev–Trinajstić information content (AvgIpc) is 2.76. The Hall–Kier alpha value is -2.10. The van der Waals surface area contributed by atoms with Crippen molar-refractivity contribution in [2.24, 2.45) is 0 Å². The molecular formula is C16H20N2O2. The molecule has 4 nitrogen and oxygen atoms in total. The lowest BCUT2D eigenvalue weighted by atomic mass is 10.1. The fourth-order valence-electron chi connectivity index (χ4n) is 2.54. The lowest BCUT2D eigenvalue weighted by molar-refractivity contribution is -0.136. The third kappa shape index (κ3) is 2.59. The van der Waals surface area contributed by atoms with Crippen molar-refractivity contribution in [3.8, 4) is 5.69 Å². The first-order valence-electron chi connectivity index (χ1n) is 6.95. The first-order chi connectivity index (χ1) is 9.58. The van der Waals surface area contributed by atoms with E-state index in [2.05, 4.69) is 5.10 Å². The normalized spacial score (nSPS) is 10.8. The molecule has 0 aliphatic rings. The van der Waals surface area contributed by atoms with Crippen LogP contribution in [0.5, 0.6) is 0 Å². The van der Waals surface area contributed by atoms with Gasteiger partial charge in [0.1, 0.15) is 0 Å². The molecule has 0 spiro atoms. The zero-order chi connectivity index (χ0) is 14.7. The van der Waals surface area contributed by atoms with Gasteiger partial charge in [-0.1, -0.05) is 32.0 Å². The molecule has 0 radical (unpaired) electrons. The van der Waals surface area contributed by atoms with Gasteiger partial charge < -0.3 is 5.11 Å². The Labute approximate surface area is 119 Å². The van der Waals surface area contributed by atoms with Crippen LogP contribution in [0.2, 0.25) is 0 Å². The van der Waals surface area contributed by atoms with Crippen molar-refractivity contribution in [2.75, 3.05) is 0 Å². The van der Waals surface area contributed by atoms with Gasteiger partial charge in [0.15, 0.2) is 0 Å². The second-order valence-electron chi connectivity index (χ2n) is 4.85. The number of aryl methyl sites for hydroxylation is 2. The molecule has 2 rings (SSSR count).